The number of sulfone groups is 1. The molecule has 4 rings (SSSR count). The third kappa shape index (κ3) is 2.43. The summed E-state index contributed by atoms with van der Waals surface area (Å²) in [5.41, 5.74) is 1.06. The van der Waals surface area contributed by atoms with E-state index in [0.29, 0.717) is 22.5 Å². The van der Waals surface area contributed by atoms with E-state index in [9.17, 15) is 8.42 Å². The minimum atomic E-state index is -2.85. The van der Waals surface area contributed by atoms with Gasteiger partial charge in [0.2, 0.25) is 0 Å². The lowest BCUT2D eigenvalue weighted by Crippen LogP contribution is -2.53. The average Bonchev–Trinajstić information content (AvgIpc) is 2.95. The van der Waals surface area contributed by atoms with E-state index in [-0.39, 0.29) is 5.25 Å². The summed E-state index contributed by atoms with van der Waals surface area (Å²) >= 11 is 0. The van der Waals surface area contributed by atoms with E-state index < -0.39 is 9.84 Å². The van der Waals surface area contributed by atoms with E-state index in [1.165, 1.54) is 44.9 Å². The molecule has 4 saturated carbocycles. The standard InChI is InChI=1S/C21H36O2S/c1-4-24(22,23)16-9-13-21(3)15(14-16)7-8-17-18-6-5-11-20(18,2)12-10-19(17)21/h15-19H,4-14H2,1-3H3/t15?,16?,17-,18-,19+,20-,21-/m0/s1. The Morgan fingerprint density at radius 2 is 1.71 bits per heavy atom. The van der Waals surface area contributed by atoms with E-state index in [0.717, 1.165) is 37.0 Å². The predicted molar refractivity (Wildman–Crippen MR) is 99.6 cm³/mol. The van der Waals surface area contributed by atoms with Crippen molar-refractivity contribution in [2.45, 2.75) is 90.2 Å². The van der Waals surface area contributed by atoms with E-state index in [1.807, 2.05) is 6.92 Å². The van der Waals surface area contributed by atoms with Gasteiger partial charge in [0, 0.05) is 5.75 Å². The SMILES string of the molecule is CCS(=O)(=O)C1CC[C@@]2(C)C(CC[C@@H]3[C@H]2CC[C@]2(C)CCC[C@@H]32)C1. The van der Waals surface area contributed by atoms with Crippen LogP contribution in [-0.2, 0) is 9.84 Å². The van der Waals surface area contributed by atoms with Crippen molar-refractivity contribution >= 4 is 9.84 Å². The molecule has 0 heterocycles. The first-order chi connectivity index (χ1) is 11.3. The maximum absolute atomic E-state index is 12.4. The average molecular weight is 353 g/mol. The van der Waals surface area contributed by atoms with Crippen molar-refractivity contribution in [3.8, 4) is 0 Å². The fourth-order valence-corrected chi connectivity index (χ4v) is 9.25. The number of hydrogen-bond acceptors (Lipinski definition) is 2. The van der Waals surface area contributed by atoms with Gasteiger partial charge in [0.25, 0.3) is 0 Å². The first-order valence-corrected chi connectivity index (χ1v) is 12.2. The summed E-state index contributed by atoms with van der Waals surface area (Å²) in [6, 6.07) is 0. The molecule has 4 fully saturated rings. The largest absolute Gasteiger partial charge is 0.229 e. The number of hydrogen-bond donors (Lipinski definition) is 0. The van der Waals surface area contributed by atoms with Crippen molar-refractivity contribution in [3.05, 3.63) is 0 Å². The molecule has 0 spiro atoms. The van der Waals surface area contributed by atoms with Crippen LogP contribution in [0.25, 0.3) is 0 Å². The van der Waals surface area contributed by atoms with E-state index in [4.69, 9.17) is 0 Å². The molecule has 2 unspecified atom stereocenters. The normalized spacial score (nSPS) is 51.5. The van der Waals surface area contributed by atoms with Crippen LogP contribution in [0, 0.1) is 34.5 Å². The Labute approximate surface area is 149 Å². The van der Waals surface area contributed by atoms with Crippen LogP contribution < -0.4 is 0 Å². The summed E-state index contributed by atoms with van der Waals surface area (Å²) in [7, 11) is -2.85. The van der Waals surface area contributed by atoms with E-state index >= 15 is 0 Å². The lowest BCUT2D eigenvalue weighted by atomic mass is 9.45. The molecular weight excluding hydrogens is 316 g/mol. The van der Waals surface area contributed by atoms with E-state index in [2.05, 4.69) is 13.8 Å². The van der Waals surface area contributed by atoms with Gasteiger partial charge in [0.1, 0.15) is 0 Å². The molecule has 4 aliphatic rings. The van der Waals surface area contributed by atoms with Crippen LogP contribution in [0.1, 0.15) is 85.0 Å². The van der Waals surface area contributed by atoms with Gasteiger partial charge in [-0.2, -0.15) is 0 Å². The topological polar surface area (TPSA) is 34.1 Å². The predicted octanol–water partition coefficient (Wildman–Crippen LogP) is 5.22. The molecule has 0 bridgehead atoms. The van der Waals surface area contributed by atoms with Crippen LogP contribution in [0.4, 0.5) is 0 Å². The van der Waals surface area contributed by atoms with Gasteiger partial charge in [0.05, 0.1) is 5.25 Å². The van der Waals surface area contributed by atoms with Crippen molar-refractivity contribution in [2.24, 2.45) is 34.5 Å². The van der Waals surface area contributed by atoms with Crippen molar-refractivity contribution in [2.75, 3.05) is 5.75 Å². The highest BCUT2D eigenvalue weighted by molar-refractivity contribution is 7.92. The molecule has 7 atom stereocenters. The van der Waals surface area contributed by atoms with Gasteiger partial charge in [-0.3, -0.25) is 0 Å². The molecule has 0 aromatic rings. The molecule has 3 heteroatoms. The van der Waals surface area contributed by atoms with Gasteiger partial charge in [-0.1, -0.05) is 27.2 Å². The summed E-state index contributed by atoms with van der Waals surface area (Å²) in [4.78, 5) is 0. The fraction of sp³-hybridized carbons (Fsp3) is 1.00. The highest BCUT2D eigenvalue weighted by Crippen LogP contribution is 2.66. The second kappa shape index (κ2) is 5.72. The molecular formula is C21H36O2S. The van der Waals surface area contributed by atoms with Crippen LogP contribution in [0.2, 0.25) is 0 Å². The maximum atomic E-state index is 12.4. The Bertz CT molecular complexity index is 597. The minimum absolute atomic E-state index is 0.0440. The Kier molecular flexibility index (Phi) is 4.14. The molecule has 2 nitrogen and oxygen atoms in total. The lowest BCUT2D eigenvalue weighted by molar-refractivity contribution is -0.102. The molecule has 24 heavy (non-hydrogen) atoms. The smallest absolute Gasteiger partial charge is 0.152 e. The first-order valence-electron chi connectivity index (χ1n) is 10.5. The van der Waals surface area contributed by atoms with Crippen LogP contribution in [-0.4, -0.2) is 19.4 Å². The molecule has 0 N–H and O–H groups in total. The minimum Gasteiger partial charge on any atom is -0.229 e. The molecule has 0 aliphatic heterocycles. The third-order valence-electron chi connectivity index (χ3n) is 9.31. The second-order valence-corrected chi connectivity index (χ2v) is 12.7. The van der Waals surface area contributed by atoms with Gasteiger partial charge in [0.15, 0.2) is 9.84 Å². The first kappa shape index (κ1) is 17.4. The Hall–Kier alpha value is -0.0500. The van der Waals surface area contributed by atoms with Crippen LogP contribution in [0.5, 0.6) is 0 Å². The zero-order valence-electron chi connectivity index (χ0n) is 15.9. The zero-order chi connectivity index (χ0) is 17.2. The highest BCUT2D eigenvalue weighted by atomic mass is 32.2. The van der Waals surface area contributed by atoms with Gasteiger partial charge in [-0.25, -0.2) is 8.42 Å². The molecule has 0 saturated heterocycles. The summed E-state index contributed by atoms with van der Waals surface area (Å²) in [6.07, 6.45) is 12.9. The monoisotopic (exact) mass is 352 g/mol. The summed E-state index contributed by atoms with van der Waals surface area (Å²) in [5, 5.41) is -0.0440. The zero-order valence-corrected chi connectivity index (χ0v) is 16.7. The molecule has 0 aromatic carbocycles. The molecule has 0 aromatic heterocycles. The van der Waals surface area contributed by atoms with Gasteiger partial charge >= 0.3 is 0 Å². The number of fused-ring (bicyclic) bond motifs is 5. The molecule has 0 radical (unpaired) electrons. The lowest BCUT2D eigenvalue weighted by Gasteiger charge is -2.60. The van der Waals surface area contributed by atoms with Crippen molar-refractivity contribution in [1.82, 2.24) is 0 Å². The van der Waals surface area contributed by atoms with Gasteiger partial charge < -0.3 is 0 Å². The van der Waals surface area contributed by atoms with Crippen molar-refractivity contribution < 1.29 is 8.42 Å². The summed E-state index contributed by atoms with van der Waals surface area (Å²) in [5.74, 6) is 3.76. The number of rotatable bonds is 2. The van der Waals surface area contributed by atoms with Gasteiger partial charge in [-0.15, -0.1) is 0 Å². The fourth-order valence-electron chi connectivity index (χ4n) is 7.77. The Morgan fingerprint density at radius 3 is 2.46 bits per heavy atom. The van der Waals surface area contributed by atoms with Crippen molar-refractivity contribution in [1.29, 1.82) is 0 Å². The van der Waals surface area contributed by atoms with E-state index in [1.54, 1.807) is 0 Å². The Balaban J connectivity index is 1.57. The maximum Gasteiger partial charge on any atom is 0.152 e. The third-order valence-corrected chi connectivity index (χ3v) is 11.6. The summed E-state index contributed by atoms with van der Waals surface area (Å²) in [6.45, 7) is 6.93. The van der Waals surface area contributed by atoms with Crippen LogP contribution >= 0.6 is 0 Å². The summed E-state index contributed by atoms with van der Waals surface area (Å²) < 4.78 is 24.8. The molecule has 4 aliphatic carbocycles. The van der Waals surface area contributed by atoms with Gasteiger partial charge in [-0.05, 0) is 92.3 Å². The highest BCUT2D eigenvalue weighted by Gasteiger charge is 2.58. The second-order valence-electron chi connectivity index (χ2n) is 10.1. The quantitative estimate of drug-likeness (QED) is 0.682. The van der Waals surface area contributed by atoms with Crippen molar-refractivity contribution in [3.63, 3.8) is 0 Å². The van der Waals surface area contributed by atoms with Crippen LogP contribution in [0.15, 0.2) is 0 Å². The Morgan fingerprint density at radius 1 is 0.917 bits per heavy atom. The molecule has 0 amide bonds. The molecule has 138 valence electrons. The van der Waals surface area contributed by atoms with Crippen LogP contribution in [0.3, 0.4) is 0 Å².